The Kier molecular flexibility index (Phi) is 5.25. The number of carbonyl (C=O) groups excluding carboxylic acids is 1. The Labute approximate surface area is 187 Å². The van der Waals surface area contributed by atoms with Crippen molar-refractivity contribution in [3.63, 3.8) is 0 Å². The van der Waals surface area contributed by atoms with Crippen LogP contribution in [-0.2, 0) is 0 Å². The molecule has 1 fully saturated rings. The first kappa shape index (κ1) is 20.4. The number of phenolic OH excluding ortho intramolecular Hbond substituents is 1. The van der Waals surface area contributed by atoms with Crippen LogP contribution in [-0.4, -0.2) is 45.9 Å². The van der Waals surface area contributed by atoms with Crippen molar-refractivity contribution in [1.29, 1.82) is 0 Å². The molecule has 32 heavy (non-hydrogen) atoms. The molecule has 1 saturated carbocycles. The molecule has 0 radical (unpaired) electrons. The first-order chi connectivity index (χ1) is 15.6. The van der Waals surface area contributed by atoms with Gasteiger partial charge >= 0.3 is 0 Å². The highest BCUT2D eigenvalue weighted by Gasteiger charge is 2.45. The summed E-state index contributed by atoms with van der Waals surface area (Å²) in [6.45, 7) is 2.33. The van der Waals surface area contributed by atoms with Gasteiger partial charge < -0.3 is 19.5 Å². The van der Waals surface area contributed by atoms with Gasteiger partial charge in [0.15, 0.2) is 11.5 Å². The Bertz CT molecular complexity index is 1130. The molecule has 1 amide bonds. The molecule has 2 aromatic carbocycles. The van der Waals surface area contributed by atoms with Crippen LogP contribution in [0.2, 0.25) is 0 Å². The van der Waals surface area contributed by atoms with E-state index in [-0.39, 0.29) is 23.7 Å². The van der Waals surface area contributed by atoms with Crippen LogP contribution < -0.4 is 9.47 Å². The number of fused-ring (bicyclic) bond motifs is 1. The summed E-state index contributed by atoms with van der Waals surface area (Å²) in [5.41, 5.74) is 3.99. The summed E-state index contributed by atoms with van der Waals surface area (Å²) >= 11 is 0. The Hall–Kier alpha value is -3.48. The van der Waals surface area contributed by atoms with E-state index in [1.165, 1.54) is 0 Å². The van der Waals surface area contributed by atoms with Gasteiger partial charge in [-0.1, -0.05) is 18.9 Å². The number of carbonyl (C=O) groups is 1. The van der Waals surface area contributed by atoms with Crippen LogP contribution in [0.4, 0.5) is 0 Å². The van der Waals surface area contributed by atoms with Gasteiger partial charge in [-0.25, -0.2) is 0 Å². The number of aromatic amines is 1. The highest BCUT2D eigenvalue weighted by Crippen LogP contribution is 2.47. The lowest BCUT2D eigenvalue weighted by Crippen LogP contribution is -2.37. The standard InChI is InChI=1S/C25H27N3O4/c1-3-32-20-14-16(10-13-19(20)29)24-21-22(15-8-11-18(31-2)12-9-15)26-27-23(21)25(30)28(24)17-6-4-5-7-17/h8-14,17,24,29H,3-7H2,1-2H3,(H,26,27). The van der Waals surface area contributed by atoms with Crippen molar-refractivity contribution in [3.05, 3.63) is 59.3 Å². The van der Waals surface area contributed by atoms with Gasteiger partial charge in [0.25, 0.3) is 5.91 Å². The van der Waals surface area contributed by atoms with Gasteiger partial charge in [-0.2, -0.15) is 5.10 Å². The fourth-order valence-corrected chi connectivity index (χ4v) is 4.99. The lowest BCUT2D eigenvalue weighted by Gasteiger charge is -2.32. The van der Waals surface area contributed by atoms with Crippen molar-refractivity contribution in [2.45, 2.75) is 44.7 Å². The Morgan fingerprint density at radius 3 is 2.59 bits per heavy atom. The van der Waals surface area contributed by atoms with E-state index in [0.717, 1.165) is 53.8 Å². The number of hydrogen-bond donors (Lipinski definition) is 2. The van der Waals surface area contributed by atoms with E-state index in [4.69, 9.17) is 9.47 Å². The molecule has 166 valence electrons. The van der Waals surface area contributed by atoms with Crippen LogP contribution in [0.5, 0.6) is 17.2 Å². The average Bonchev–Trinajstić information content (AvgIpc) is 3.54. The molecular weight excluding hydrogens is 406 g/mol. The molecule has 1 unspecified atom stereocenters. The number of aromatic hydroxyl groups is 1. The molecule has 0 saturated heterocycles. The second-order valence-electron chi connectivity index (χ2n) is 8.30. The number of phenols is 1. The van der Waals surface area contributed by atoms with E-state index in [9.17, 15) is 9.90 Å². The Morgan fingerprint density at radius 1 is 1.16 bits per heavy atom. The predicted molar refractivity (Wildman–Crippen MR) is 120 cm³/mol. The van der Waals surface area contributed by atoms with E-state index in [2.05, 4.69) is 10.2 Å². The van der Waals surface area contributed by atoms with Crippen molar-refractivity contribution in [2.75, 3.05) is 13.7 Å². The molecule has 3 aromatic rings. The number of amides is 1. The van der Waals surface area contributed by atoms with Crippen molar-refractivity contribution in [1.82, 2.24) is 15.1 Å². The van der Waals surface area contributed by atoms with Gasteiger partial charge in [0.2, 0.25) is 0 Å². The van der Waals surface area contributed by atoms with Crippen LogP contribution in [0.15, 0.2) is 42.5 Å². The largest absolute Gasteiger partial charge is 0.504 e. The van der Waals surface area contributed by atoms with Gasteiger partial charge in [0, 0.05) is 17.2 Å². The first-order valence-electron chi connectivity index (χ1n) is 11.1. The van der Waals surface area contributed by atoms with E-state index >= 15 is 0 Å². The molecule has 1 aliphatic heterocycles. The maximum atomic E-state index is 13.5. The summed E-state index contributed by atoms with van der Waals surface area (Å²) in [6, 6.07) is 12.9. The summed E-state index contributed by atoms with van der Waals surface area (Å²) in [4.78, 5) is 15.5. The number of H-pyrrole nitrogens is 1. The fourth-order valence-electron chi connectivity index (χ4n) is 4.99. The second-order valence-corrected chi connectivity index (χ2v) is 8.30. The Balaban J connectivity index is 1.65. The third-order valence-electron chi connectivity index (χ3n) is 6.48. The Morgan fingerprint density at radius 2 is 1.91 bits per heavy atom. The SMILES string of the molecule is CCOc1cc(C2c3c(-c4ccc(OC)cc4)n[nH]c3C(=O)N2C2CCCC2)ccc1O. The molecule has 2 N–H and O–H groups in total. The number of methoxy groups -OCH3 is 1. The van der Waals surface area contributed by atoms with Gasteiger partial charge in [-0.05, 0) is 61.7 Å². The molecular formula is C25H27N3O4. The number of benzene rings is 2. The number of nitrogens with zero attached hydrogens (tertiary/aromatic N) is 2. The second kappa shape index (κ2) is 8.22. The minimum atomic E-state index is -0.295. The minimum Gasteiger partial charge on any atom is -0.504 e. The average molecular weight is 434 g/mol. The summed E-state index contributed by atoms with van der Waals surface area (Å²) in [6.07, 6.45) is 4.24. The maximum Gasteiger partial charge on any atom is 0.273 e. The van der Waals surface area contributed by atoms with Crippen molar-refractivity contribution in [3.8, 4) is 28.5 Å². The van der Waals surface area contributed by atoms with Crippen LogP contribution >= 0.6 is 0 Å². The van der Waals surface area contributed by atoms with Gasteiger partial charge in [0.1, 0.15) is 11.4 Å². The molecule has 0 spiro atoms. The zero-order valence-corrected chi connectivity index (χ0v) is 18.3. The zero-order valence-electron chi connectivity index (χ0n) is 18.3. The normalized spacial score (nSPS) is 18.2. The van der Waals surface area contributed by atoms with Gasteiger partial charge in [-0.3, -0.25) is 9.89 Å². The number of ether oxygens (including phenoxy) is 2. The van der Waals surface area contributed by atoms with Crippen LogP contribution in [0.25, 0.3) is 11.3 Å². The van der Waals surface area contributed by atoms with E-state index in [0.29, 0.717) is 18.1 Å². The number of hydrogen-bond acceptors (Lipinski definition) is 5. The smallest absolute Gasteiger partial charge is 0.273 e. The molecule has 5 rings (SSSR count). The fraction of sp³-hybridized carbons (Fsp3) is 0.360. The third kappa shape index (κ3) is 3.28. The van der Waals surface area contributed by atoms with Crippen molar-refractivity contribution >= 4 is 5.91 Å². The first-order valence-corrected chi connectivity index (χ1v) is 11.1. The monoisotopic (exact) mass is 433 g/mol. The van der Waals surface area contributed by atoms with Crippen LogP contribution in [0, 0.1) is 0 Å². The molecule has 1 aromatic heterocycles. The van der Waals surface area contributed by atoms with Crippen LogP contribution in [0.3, 0.4) is 0 Å². The number of rotatable bonds is 6. The highest BCUT2D eigenvalue weighted by atomic mass is 16.5. The topological polar surface area (TPSA) is 87.7 Å². The zero-order chi connectivity index (χ0) is 22.2. The predicted octanol–water partition coefficient (Wildman–Crippen LogP) is 4.68. The number of nitrogens with one attached hydrogen (secondary N) is 1. The number of aromatic nitrogens is 2. The van der Waals surface area contributed by atoms with Gasteiger partial charge in [-0.15, -0.1) is 0 Å². The lowest BCUT2D eigenvalue weighted by molar-refractivity contribution is 0.0660. The van der Waals surface area contributed by atoms with E-state index in [1.807, 2.05) is 48.2 Å². The summed E-state index contributed by atoms with van der Waals surface area (Å²) in [7, 11) is 1.64. The molecule has 7 heteroatoms. The highest BCUT2D eigenvalue weighted by molar-refractivity contribution is 6.00. The maximum absolute atomic E-state index is 13.5. The molecule has 1 aliphatic carbocycles. The van der Waals surface area contributed by atoms with E-state index < -0.39 is 0 Å². The minimum absolute atomic E-state index is 0.0183. The summed E-state index contributed by atoms with van der Waals surface area (Å²) in [5.74, 6) is 1.26. The molecule has 0 bridgehead atoms. The molecule has 7 nitrogen and oxygen atoms in total. The molecule has 2 aliphatic rings. The summed E-state index contributed by atoms with van der Waals surface area (Å²) < 4.78 is 10.9. The third-order valence-corrected chi connectivity index (χ3v) is 6.48. The van der Waals surface area contributed by atoms with E-state index in [1.54, 1.807) is 13.2 Å². The van der Waals surface area contributed by atoms with Crippen molar-refractivity contribution in [2.24, 2.45) is 0 Å². The molecule has 1 atom stereocenters. The molecule has 2 heterocycles. The van der Waals surface area contributed by atoms with Crippen molar-refractivity contribution < 1.29 is 19.4 Å². The lowest BCUT2D eigenvalue weighted by atomic mass is 9.95. The quantitative estimate of drug-likeness (QED) is 0.589. The summed E-state index contributed by atoms with van der Waals surface area (Å²) in [5, 5.41) is 17.8. The van der Waals surface area contributed by atoms with Gasteiger partial charge in [0.05, 0.1) is 25.5 Å². The van der Waals surface area contributed by atoms with Crippen LogP contribution in [0.1, 0.15) is 60.3 Å².